The molecule has 0 radical (unpaired) electrons. The molecule has 0 spiro atoms. The van der Waals surface area contributed by atoms with E-state index in [4.69, 9.17) is 12.2 Å². The first-order valence-corrected chi connectivity index (χ1v) is 8.44. The van der Waals surface area contributed by atoms with Crippen LogP contribution >= 0.6 is 24.0 Å². The van der Waals surface area contributed by atoms with Crippen LogP contribution in [0.25, 0.3) is 6.08 Å². The van der Waals surface area contributed by atoms with Crippen LogP contribution in [-0.2, 0) is 11.2 Å². The average Bonchev–Trinajstić information content (AvgIpc) is 2.84. The van der Waals surface area contributed by atoms with Gasteiger partial charge in [-0.15, -0.1) is 0 Å². The number of rotatable bonds is 3. The molecule has 5 heteroatoms. The van der Waals surface area contributed by atoms with Crippen molar-refractivity contribution in [3.8, 4) is 0 Å². The molecule has 0 N–H and O–H groups in total. The largest absolute Gasteiger partial charge is 0.270 e. The maximum Gasteiger partial charge on any atom is 0.270 e. The normalized spacial score (nSPS) is 16.4. The molecule has 0 saturated carbocycles. The summed E-state index contributed by atoms with van der Waals surface area (Å²) in [7, 11) is 0. The van der Waals surface area contributed by atoms with Gasteiger partial charge in [-0.3, -0.25) is 9.69 Å². The summed E-state index contributed by atoms with van der Waals surface area (Å²) in [5.74, 6) is -0.572. The van der Waals surface area contributed by atoms with Crippen LogP contribution in [0, 0.1) is 5.82 Å². The van der Waals surface area contributed by atoms with Crippen LogP contribution in [-0.4, -0.2) is 10.2 Å². The van der Waals surface area contributed by atoms with Gasteiger partial charge in [0.25, 0.3) is 5.91 Å². The lowest BCUT2D eigenvalue weighted by atomic mass is 10.1. The standard InChI is InChI=1S/C18H14FNOS2/c1-2-12-7-9-14(10-8-12)20-17(21)16(23-18(20)22)11-13-5-3-4-6-15(13)19/h3-11H,2H2,1H3. The number of benzene rings is 2. The zero-order valence-electron chi connectivity index (χ0n) is 12.5. The van der Waals surface area contributed by atoms with E-state index in [1.807, 2.05) is 24.3 Å². The summed E-state index contributed by atoms with van der Waals surface area (Å²) < 4.78 is 14.2. The smallest absolute Gasteiger partial charge is 0.268 e. The summed E-state index contributed by atoms with van der Waals surface area (Å²) >= 11 is 6.51. The SMILES string of the molecule is CCc1ccc(N2C(=O)C(=Cc3ccccc3F)SC2=S)cc1. The topological polar surface area (TPSA) is 20.3 Å². The first-order chi connectivity index (χ1) is 11.1. The van der Waals surface area contributed by atoms with Gasteiger partial charge in [-0.05, 0) is 36.3 Å². The Morgan fingerprint density at radius 1 is 1.17 bits per heavy atom. The summed E-state index contributed by atoms with van der Waals surface area (Å²) in [5, 5.41) is 0. The summed E-state index contributed by atoms with van der Waals surface area (Å²) in [6.07, 6.45) is 2.49. The van der Waals surface area contributed by atoms with E-state index in [1.165, 1.54) is 28.3 Å². The molecule has 1 aliphatic rings. The Bertz CT molecular complexity index is 799. The van der Waals surface area contributed by atoms with Crippen molar-refractivity contribution in [3.63, 3.8) is 0 Å². The molecular weight excluding hydrogens is 329 g/mol. The van der Waals surface area contributed by atoms with Crippen molar-refractivity contribution in [2.45, 2.75) is 13.3 Å². The molecule has 0 unspecified atom stereocenters. The molecule has 0 aliphatic carbocycles. The Morgan fingerprint density at radius 2 is 1.87 bits per heavy atom. The fourth-order valence-corrected chi connectivity index (χ4v) is 3.59. The minimum atomic E-state index is -0.356. The van der Waals surface area contributed by atoms with E-state index in [0.29, 0.717) is 14.8 Å². The summed E-state index contributed by atoms with van der Waals surface area (Å²) in [6, 6.07) is 14.1. The van der Waals surface area contributed by atoms with E-state index in [1.54, 1.807) is 24.3 Å². The number of hydrogen-bond acceptors (Lipinski definition) is 3. The third kappa shape index (κ3) is 3.21. The molecule has 1 saturated heterocycles. The lowest BCUT2D eigenvalue weighted by Crippen LogP contribution is -2.27. The molecule has 23 heavy (non-hydrogen) atoms. The van der Waals surface area contributed by atoms with Crippen molar-refractivity contribution in [1.82, 2.24) is 0 Å². The van der Waals surface area contributed by atoms with Crippen LogP contribution < -0.4 is 4.90 Å². The second-order valence-electron chi connectivity index (χ2n) is 5.06. The van der Waals surface area contributed by atoms with Gasteiger partial charge in [0.1, 0.15) is 5.82 Å². The van der Waals surface area contributed by atoms with Gasteiger partial charge in [-0.25, -0.2) is 4.39 Å². The summed E-state index contributed by atoms with van der Waals surface area (Å²) in [6.45, 7) is 2.08. The van der Waals surface area contributed by atoms with Crippen LogP contribution in [0.2, 0.25) is 0 Å². The zero-order chi connectivity index (χ0) is 16.4. The molecule has 1 heterocycles. The lowest BCUT2D eigenvalue weighted by molar-refractivity contribution is -0.113. The van der Waals surface area contributed by atoms with Crippen LogP contribution in [0.5, 0.6) is 0 Å². The van der Waals surface area contributed by atoms with Crippen molar-refractivity contribution in [1.29, 1.82) is 0 Å². The minimum Gasteiger partial charge on any atom is -0.268 e. The fourth-order valence-electron chi connectivity index (χ4n) is 2.30. The molecule has 2 aromatic carbocycles. The Kier molecular flexibility index (Phi) is 4.59. The van der Waals surface area contributed by atoms with E-state index >= 15 is 0 Å². The second kappa shape index (κ2) is 6.64. The highest BCUT2D eigenvalue weighted by Gasteiger charge is 2.33. The second-order valence-corrected chi connectivity index (χ2v) is 6.73. The highest BCUT2D eigenvalue weighted by molar-refractivity contribution is 8.27. The van der Waals surface area contributed by atoms with Crippen LogP contribution in [0.15, 0.2) is 53.4 Å². The predicted molar refractivity (Wildman–Crippen MR) is 97.9 cm³/mol. The van der Waals surface area contributed by atoms with Gasteiger partial charge in [0.05, 0.1) is 10.6 Å². The molecule has 2 aromatic rings. The molecule has 0 bridgehead atoms. The third-order valence-electron chi connectivity index (χ3n) is 3.59. The third-order valence-corrected chi connectivity index (χ3v) is 4.89. The Labute approximate surface area is 144 Å². The van der Waals surface area contributed by atoms with Crippen molar-refractivity contribution in [2.75, 3.05) is 4.90 Å². The Morgan fingerprint density at radius 3 is 2.52 bits per heavy atom. The van der Waals surface area contributed by atoms with E-state index in [-0.39, 0.29) is 11.7 Å². The number of carbonyl (C=O) groups is 1. The van der Waals surface area contributed by atoms with Gasteiger partial charge >= 0.3 is 0 Å². The van der Waals surface area contributed by atoms with Crippen LogP contribution in [0.1, 0.15) is 18.1 Å². The first-order valence-electron chi connectivity index (χ1n) is 7.21. The number of nitrogens with zero attached hydrogens (tertiary/aromatic N) is 1. The highest BCUT2D eigenvalue weighted by atomic mass is 32.2. The maximum absolute atomic E-state index is 13.8. The highest BCUT2D eigenvalue weighted by Crippen LogP contribution is 2.36. The Balaban J connectivity index is 1.92. The number of carbonyl (C=O) groups excluding carboxylic acids is 1. The van der Waals surface area contributed by atoms with Crippen molar-refractivity contribution in [2.24, 2.45) is 0 Å². The van der Waals surface area contributed by atoms with Gasteiger partial charge in [-0.2, -0.15) is 0 Å². The number of thiocarbonyl (C=S) groups is 1. The van der Waals surface area contributed by atoms with Crippen molar-refractivity contribution >= 4 is 46.0 Å². The number of thioether (sulfide) groups is 1. The molecule has 1 fully saturated rings. The molecule has 1 amide bonds. The monoisotopic (exact) mass is 343 g/mol. The molecule has 116 valence electrons. The number of halogens is 1. The number of hydrogen-bond donors (Lipinski definition) is 0. The molecule has 0 atom stereocenters. The minimum absolute atomic E-state index is 0.215. The zero-order valence-corrected chi connectivity index (χ0v) is 14.1. The number of anilines is 1. The average molecular weight is 343 g/mol. The predicted octanol–water partition coefficient (Wildman–Crippen LogP) is 4.79. The van der Waals surface area contributed by atoms with Crippen molar-refractivity contribution in [3.05, 3.63) is 70.4 Å². The molecule has 1 aliphatic heterocycles. The molecule has 3 rings (SSSR count). The molecule has 0 aromatic heterocycles. The van der Waals surface area contributed by atoms with E-state index in [0.717, 1.165) is 12.1 Å². The van der Waals surface area contributed by atoms with Crippen LogP contribution in [0.4, 0.5) is 10.1 Å². The van der Waals surface area contributed by atoms with E-state index in [9.17, 15) is 9.18 Å². The fraction of sp³-hybridized carbons (Fsp3) is 0.111. The number of amides is 1. The first kappa shape index (κ1) is 15.9. The summed E-state index contributed by atoms with van der Waals surface area (Å²) in [5.41, 5.74) is 2.32. The van der Waals surface area contributed by atoms with E-state index < -0.39 is 0 Å². The number of aryl methyl sites for hydroxylation is 1. The Hall–Kier alpha value is -1.98. The van der Waals surface area contributed by atoms with Gasteiger partial charge in [0.15, 0.2) is 4.32 Å². The lowest BCUT2D eigenvalue weighted by Gasteiger charge is -2.14. The van der Waals surface area contributed by atoms with Gasteiger partial charge in [0.2, 0.25) is 0 Å². The quantitative estimate of drug-likeness (QED) is 0.590. The van der Waals surface area contributed by atoms with Gasteiger partial charge in [-0.1, -0.05) is 61.2 Å². The van der Waals surface area contributed by atoms with E-state index in [2.05, 4.69) is 6.92 Å². The van der Waals surface area contributed by atoms with Gasteiger partial charge in [0, 0.05) is 5.56 Å². The van der Waals surface area contributed by atoms with Gasteiger partial charge < -0.3 is 0 Å². The van der Waals surface area contributed by atoms with Crippen molar-refractivity contribution < 1.29 is 9.18 Å². The summed E-state index contributed by atoms with van der Waals surface area (Å²) in [4.78, 5) is 14.5. The molecule has 2 nitrogen and oxygen atoms in total. The maximum atomic E-state index is 13.8. The van der Waals surface area contributed by atoms with Crippen LogP contribution in [0.3, 0.4) is 0 Å². The molecular formula is C18H14FNOS2.